The lowest BCUT2D eigenvalue weighted by molar-refractivity contribution is -0.140. The van der Waals surface area contributed by atoms with Crippen LogP contribution in [-0.4, -0.2) is 18.3 Å². The van der Waals surface area contributed by atoms with Gasteiger partial charge in [0.05, 0.1) is 16.8 Å². The van der Waals surface area contributed by atoms with E-state index in [1.54, 1.807) is 27.7 Å². The van der Waals surface area contributed by atoms with Crippen LogP contribution in [0.2, 0.25) is 0 Å². The normalized spacial score (nSPS) is 20.9. The molecule has 0 amide bonds. The zero-order chi connectivity index (χ0) is 16.2. The second kappa shape index (κ2) is 4.68. The molecule has 0 atom stereocenters. The van der Waals surface area contributed by atoms with Crippen LogP contribution in [0.15, 0.2) is 12.1 Å². The maximum absolute atomic E-state index is 13.9. The van der Waals surface area contributed by atoms with E-state index in [-0.39, 0.29) is 11.5 Å². The van der Waals surface area contributed by atoms with Crippen LogP contribution in [0, 0.1) is 11.6 Å². The molecule has 1 aromatic rings. The SMILES string of the molecule is CC1(C)OB(c2cc(F)c(C(F)(F)F)cc2F)OC1(C)C. The Bertz CT molecular complexity index is 552. The van der Waals surface area contributed by atoms with E-state index in [1.165, 1.54) is 0 Å². The van der Waals surface area contributed by atoms with Crippen LogP contribution in [-0.2, 0) is 15.5 Å². The van der Waals surface area contributed by atoms with Crippen LogP contribution in [0.25, 0.3) is 0 Å². The van der Waals surface area contributed by atoms with Gasteiger partial charge in [-0.15, -0.1) is 0 Å². The Balaban J connectivity index is 2.42. The van der Waals surface area contributed by atoms with E-state index in [1.807, 2.05) is 0 Å². The van der Waals surface area contributed by atoms with Gasteiger partial charge in [-0.3, -0.25) is 0 Å². The average Bonchev–Trinajstić information content (AvgIpc) is 2.49. The summed E-state index contributed by atoms with van der Waals surface area (Å²) in [4.78, 5) is 0. The minimum Gasteiger partial charge on any atom is -0.399 e. The molecular formula is C13H14BF5O2. The minimum atomic E-state index is -4.96. The standard InChI is InChI=1S/C13H14BF5O2/c1-11(2)12(3,4)21-14(20-11)8-6-9(15)7(5-10(8)16)13(17,18)19/h5-6H,1-4H3. The highest BCUT2D eigenvalue weighted by molar-refractivity contribution is 6.62. The zero-order valence-corrected chi connectivity index (χ0v) is 11.9. The molecule has 2 rings (SSSR count). The molecule has 1 aliphatic rings. The van der Waals surface area contributed by atoms with E-state index < -0.39 is 41.7 Å². The third kappa shape index (κ3) is 2.79. The molecule has 1 aromatic carbocycles. The summed E-state index contributed by atoms with van der Waals surface area (Å²) in [5.41, 5.74) is -3.65. The van der Waals surface area contributed by atoms with Gasteiger partial charge in [-0.1, -0.05) is 0 Å². The predicted octanol–water partition coefficient (Wildman–Crippen LogP) is 3.28. The van der Waals surface area contributed by atoms with Gasteiger partial charge in [0.2, 0.25) is 0 Å². The van der Waals surface area contributed by atoms with Gasteiger partial charge in [0.1, 0.15) is 11.6 Å². The summed E-state index contributed by atoms with van der Waals surface area (Å²) in [7, 11) is -1.26. The van der Waals surface area contributed by atoms with Crippen molar-refractivity contribution in [3.8, 4) is 0 Å². The molecule has 0 bridgehead atoms. The molecule has 0 N–H and O–H groups in total. The van der Waals surface area contributed by atoms with Crippen molar-refractivity contribution in [3.05, 3.63) is 29.3 Å². The first-order valence-corrected chi connectivity index (χ1v) is 6.27. The fourth-order valence-corrected chi connectivity index (χ4v) is 1.93. The second-order valence-corrected chi connectivity index (χ2v) is 5.94. The third-order valence-corrected chi connectivity index (χ3v) is 3.90. The summed E-state index contributed by atoms with van der Waals surface area (Å²) in [6.45, 7) is 6.80. The molecule has 1 heterocycles. The maximum atomic E-state index is 13.9. The fraction of sp³-hybridized carbons (Fsp3) is 0.538. The van der Waals surface area contributed by atoms with Crippen LogP contribution in [0.1, 0.15) is 33.3 Å². The van der Waals surface area contributed by atoms with E-state index >= 15 is 0 Å². The van der Waals surface area contributed by atoms with Crippen molar-refractivity contribution in [1.82, 2.24) is 0 Å². The van der Waals surface area contributed by atoms with Crippen molar-refractivity contribution in [2.24, 2.45) is 0 Å². The summed E-state index contributed by atoms with van der Waals surface area (Å²) in [6, 6.07) is 0.593. The summed E-state index contributed by atoms with van der Waals surface area (Å²) in [5, 5.41) is 0. The Morgan fingerprint density at radius 3 is 1.81 bits per heavy atom. The van der Waals surface area contributed by atoms with Crippen LogP contribution < -0.4 is 5.46 Å². The van der Waals surface area contributed by atoms with E-state index in [4.69, 9.17) is 9.31 Å². The lowest BCUT2D eigenvalue weighted by Gasteiger charge is -2.32. The molecule has 21 heavy (non-hydrogen) atoms. The molecule has 0 radical (unpaired) electrons. The average molecular weight is 308 g/mol. The van der Waals surface area contributed by atoms with E-state index in [2.05, 4.69) is 0 Å². The number of halogens is 5. The first-order chi connectivity index (χ1) is 9.35. The molecule has 2 nitrogen and oxygen atoms in total. The largest absolute Gasteiger partial charge is 0.497 e. The molecule has 1 saturated heterocycles. The van der Waals surface area contributed by atoms with Crippen molar-refractivity contribution in [3.63, 3.8) is 0 Å². The summed E-state index contributed by atoms with van der Waals surface area (Å²) in [5.74, 6) is -2.78. The van der Waals surface area contributed by atoms with Gasteiger partial charge in [0.15, 0.2) is 0 Å². The van der Waals surface area contributed by atoms with E-state index in [0.29, 0.717) is 6.07 Å². The maximum Gasteiger partial charge on any atom is 0.497 e. The van der Waals surface area contributed by atoms with Crippen LogP contribution in [0.5, 0.6) is 0 Å². The molecule has 1 aliphatic heterocycles. The lowest BCUT2D eigenvalue weighted by Crippen LogP contribution is -2.41. The highest BCUT2D eigenvalue weighted by atomic mass is 19.4. The molecule has 0 saturated carbocycles. The first kappa shape index (κ1) is 16.2. The van der Waals surface area contributed by atoms with E-state index in [0.717, 1.165) is 0 Å². The van der Waals surface area contributed by atoms with Crippen molar-refractivity contribution in [1.29, 1.82) is 0 Å². The first-order valence-electron chi connectivity index (χ1n) is 6.27. The molecule has 0 aromatic heterocycles. The number of alkyl halides is 3. The van der Waals surface area contributed by atoms with Crippen molar-refractivity contribution >= 4 is 12.6 Å². The van der Waals surface area contributed by atoms with Crippen LogP contribution in [0.3, 0.4) is 0 Å². The van der Waals surface area contributed by atoms with Crippen LogP contribution in [0.4, 0.5) is 22.0 Å². The minimum absolute atomic E-state index is 0.121. The van der Waals surface area contributed by atoms with Crippen molar-refractivity contribution in [2.75, 3.05) is 0 Å². The highest BCUT2D eigenvalue weighted by Crippen LogP contribution is 2.37. The zero-order valence-electron chi connectivity index (χ0n) is 11.9. The molecule has 0 unspecified atom stereocenters. The van der Waals surface area contributed by atoms with Gasteiger partial charge in [-0.25, -0.2) is 8.78 Å². The third-order valence-electron chi connectivity index (χ3n) is 3.90. The Kier molecular flexibility index (Phi) is 3.61. The number of hydrogen-bond acceptors (Lipinski definition) is 2. The quantitative estimate of drug-likeness (QED) is 0.585. The Labute approximate surface area is 119 Å². The summed E-state index contributed by atoms with van der Waals surface area (Å²) < 4.78 is 76.0. The number of benzene rings is 1. The van der Waals surface area contributed by atoms with Crippen LogP contribution >= 0.6 is 0 Å². The monoisotopic (exact) mass is 308 g/mol. The van der Waals surface area contributed by atoms with Gasteiger partial charge < -0.3 is 9.31 Å². The second-order valence-electron chi connectivity index (χ2n) is 5.94. The van der Waals surface area contributed by atoms with Gasteiger partial charge in [0, 0.05) is 5.46 Å². The molecule has 8 heteroatoms. The lowest BCUT2D eigenvalue weighted by atomic mass is 9.78. The molecule has 1 fully saturated rings. The Morgan fingerprint density at radius 1 is 0.905 bits per heavy atom. The predicted molar refractivity (Wildman–Crippen MR) is 67.1 cm³/mol. The van der Waals surface area contributed by atoms with Gasteiger partial charge in [0.25, 0.3) is 0 Å². The Morgan fingerprint density at radius 2 is 1.38 bits per heavy atom. The number of rotatable bonds is 1. The summed E-state index contributed by atoms with van der Waals surface area (Å²) in [6.07, 6.45) is -4.96. The van der Waals surface area contributed by atoms with Gasteiger partial charge in [-0.2, -0.15) is 13.2 Å². The highest BCUT2D eigenvalue weighted by Gasteiger charge is 2.52. The van der Waals surface area contributed by atoms with Gasteiger partial charge in [-0.05, 0) is 39.8 Å². The smallest absolute Gasteiger partial charge is 0.399 e. The fourth-order valence-electron chi connectivity index (χ4n) is 1.93. The number of hydrogen-bond donors (Lipinski definition) is 0. The summed E-state index contributed by atoms with van der Waals surface area (Å²) >= 11 is 0. The van der Waals surface area contributed by atoms with E-state index in [9.17, 15) is 22.0 Å². The topological polar surface area (TPSA) is 18.5 Å². The molecular weight excluding hydrogens is 294 g/mol. The Hall–Kier alpha value is -1.15. The molecule has 0 spiro atoms. The van der Waals surface area contributed by atoms with Crippen molar-refractivity contribution in [2.45, 2.75) is 45.1 Å². The van der Waals surface area contributed by atoms with Crippen molar-refractivity contribution < 1.29 is 31.3 Å². The molecule has 116 valence electrons. The molecule has 0 aliphatic carbocycles. The van der Waals surface area contributed by atoms with Gasteiger partial charge >= 0.3 is 13.3 Å².